The van der Waals surface area contributed by atoms with Gasteiger partial charge in [-0.25, -0.2) is 4.68 Å². The van der Waals surface area contributed by atoms with Crippen molar-refractivity contribution in [3.63, 3.8) is 0 Å². The number of rotatable bonds is 6. The Morgan fingerprint density at radius 2 is 2.13 bits per heavy atom. The van der Waals surface area contributed by atoms with E-state index in [9.17, 15) is 4.79 Å². The van der Waals surface area contributed by atoms with Crippen LogP contribution in [0.4, 0.5) is 0 Å². The molecule has 0 unspecified atom stereocenters. The number of nitrogens with zero attached hydrogens (tertiary/aromatic N) is 4. The van der Waals surface area contributed by atoms with Crippen LogP contribution in [0.5, 0.6) is 0 Å². The minimum Gasteiger partial charge on any atom is -0.351 e. The number of hydrogen-bond acceptors (Lipinski definition) is 5. The quantitative estimate of drug-likeness (QED) is 0.754. The third kappa shape index (κ3) is 3.62. The summed E-state index contributed by atoms with van der Waals surface area (Å²) in [5, 5.41) is 11.2. The van der Waals surface area contributed by atoms with E-state index in [0.29, 0.717) is 17.8 Å². The number of nitrogens with one attached hydrogen (secondary N) is 1. The zero-order chi connectivity index (χ0) is 16.1. The molecule has 0 aliphatic carbocycles. The molecule has 0 saturated carbocycles. The topological polar surface area (TPSA) is 72.7 Å². The van der Waals surface area contributed by atoms with Gasteiger partial charge in [-0.05, 0) is 42.1 Å². The van der Waals surface area contributed by atoms with Gasteiger partial charge in [-0.2, -0.15) is 5.10 Å². The summed E-state index contributed by atoms with van der Waals surface area (Å²) in [6.07, 6.45) is 5.24. The second-order valence-corrected chi connectivity index (χ2v) is 5.79. The standard InChI is InChI=1S/C16H17N5OS/c1-2-14-15(23-20-19-14)16(22)17-9-8-12-10-18-21(11-12)13-6-4-3-5-7-13/h3-7,10-11H,2,8-9H2,1H3,(H,17,22). The summed E-state index contributed by atoms with van der Waals surface area (Å²) in [5.41, 5.74) is 2.85. The first-order valence-corrected chi connectivity index (χ1v) is 8.23. The number of aromatic nitrogens is 4. The molecule has 0 radical (unpaired) electrons. The van der Waals surface area contributed by atoms with Crippen molar-refractivity contribution in [1.82, 2.24) is 24.7 Å². The largest absolute Gasteiger partial charge is 0.351 e. The van der Waals surface area contributed by atoms with E-state index in [2.05, 4.69) is 20.0 Å². The fourth-order valence-corrected chi connectivity index (χ4v) is 2.89. The first kappa shape index (κ1) is 15.4. The number of aryl methyl sites for hydroxylation is 1. The van der Waals surface area contributed by atoms with Crippen LogP contribution in [0.1, 0.15) is 27.9 Å². The monoisotopic (exact) mass is 327 g/mol. The Hall–Kier alpha value is -2.54. The predicted molar refractivity (Wildman–Crippen MR) is 88.9 cm³/mol. The van der Waals surface area contributed by atoms with Crippen LogP contribution in [0.15, 0.2) is 42.7 Å². The van der Waals surface area contributed by atoms with Crippen molar-refractivity contribution in [2.24, 2.45) is 0 Å². The predicted octanol–water partition coefficient (Wildman–Crippen LogP) is 2.26. The van der Waals surface area contributed by atoms with E-state index in [-0.39, 0.29) is 5.91 Å². The fraction of sp³-hybridized carbons (Fsp3) is 0.250. The highest BCUT2D eigenvalue weighted by atomic mass is 32.1. The van der Waals surface area contributed by atoms with Crippen molar-refractivity contribution in [3.05, 3.63) is 58.9 Å². The molecule has 7 heteroatoms. The SMILES string of the molecule is CCc1nnsc1C(=O)NCCc1cnn(-c2ccccc2)c1. The van der Waals surface area contributed by atoms with Crippen LogP contribution in [0.2, 0.25) is 0 Å². The molecule has 1 N–H and O–H groups in total. The van der Waals surface area contributed by atoms with Gasteiger partial charge < -0.3 is 5.32 Å². The first-order chi connectivity index (χ1) is 11.3. The van der Waals surface area contributed by atoms with E-state index in [1.54, 1.807) is 0 Å². The maximum Gasteiger partial charge on any atom is 0.264 e. The Bertz CT molecular complexity index is 781. The maximum atomic E-state index is 12.1. The van der Waals surface area contributed by atoms with Gasteiger partial charge in [-0.1, -0.05) is 29.6 Å². The summed E-state index contributed by atoms with van der Waals surface area (Å²) >= 11 is 1.14. The minimum absolute atomic E-state index is 0.104. The zero-order valence-corrected chi connectivity index (χ0v) is 13.6. The number of hydrogen-bond donors (Lipinski definition) is 1. The third-order valence-electron chi connectivity index (χ3n) is 3.45. The van der Waals surface area contributed by atoms with E-state index >= 15 is 0 Å². The lowest BCUT2D eigenvalue weighted by molar-refractivity contribution is 0.0957. The molecule has 0 spiro atoms. The second kappa shape index (κ2) is 7.15. The Balaban J connectivity index is 1.55. The van der Waals surface area contributed by atoms with Gasteiger partial charge in [0, 0.05) is 12.7 Å². The molecule has 0 atom stereocenters. The lowest BCUT2D eigenvalue weighted by atomic mass is 10.2. The van der Waals surface area contributed by atoms with Gasteiger partial charge in [0.2, 0.25) is 0 Å². The molecule has 118 valence electrons. The summed E-state index contributed by atoms with van der Waals surface area (Å²) in [7, 11) is 0. The summed E-state index contributed by atoms with van der Waals surface area (Å²) in [6, 6.07) is 9.93. The molecule has 0 fully saturated rings. The third-order valence-corrected chi connectivity index (χ3v) is 4.22. The Morgan fingerprint density at radius 1 is 1.30 bits per heavy atom. The number of para-hydroxylation sites is 1. The molecule has 2 heterocycles. The average Bonchev–Trinajstić information content (AvgIpc) is 3.24. The van der Waals surface area contributed by atoms with E-state index in [4.69, 9.17) is 0 Å². The van der Waals surface area contributed by atoms with Crippen molar-refractivity contribution in [1.29, 1.82) is 0 Å². The number of carbonyl (C=O) groups excluding carboxylic acids is 1. The van der Waals surface area contributed by atoms with E-state index in [0.717, 1.165) is 34.9 Å². The van der Waals surface area contributed by atoms with Gasteiger partial charge in [0.25, 0.3) is 5.91 Å². The van der Waals surface area contributed by atoms with Gasteiger partial charge in [0.1, 0.15) is 4.88 Å². The molecule has 0 bridgehead atoms. The van der Waals surface area contributed by atoms with Crippen LogP contribution in [0.25, 0.3) is 5.69 Å². The van der Waals surface area contributed by atoms with Gasteiger partial charge in [0.05, 0.1) is 17.6 Å². The van der Waals surface area contributed by atoms with E-state index in [1.807, 2.05) is 54.3 Å². The Labute approximate surface area is 138 Å². The molecule has 6 nitrogen and oxygen atoms in total. The van der Waals surface area contributed by atoms with Crippen LogP contribution in [0, 0.1) is 0 Å². The number of amides is 1. The van der Waals surface area contributed by atoms with Crippen LogP contribution in [-0.2, 0) is 12.8 Å². The summed E-state index contributed by atoms with van der Waals surface area (Å²) in [4.78, 5) is 12.7. The lowest BCUT2D eigenvalue weighted by Gasteiger charge is -2.03. The molecule has 3 rings (SSSR count). The Kier molecular flexibility index (Phi) is 4.77. The zero-order valence-electron chi connectivity index (χ0n) is 12.8. The molecule has 1 aromatic carbocycles. The first-order valence-electron chi connectivity index (χ1n) is 7.46. The summed E-state index contributed by atoms with van der Waals surface area (Å²) < 4.78 is 5.67. The normalized spacial score (nSPS) is 10.7. The fourth-order valence-electron chi connectivity index (χ4n) is 2.22. The van der Waals surface area contributed by atoms with E-state index < -0.39 is 0 Å². The highest BCUT2D eigenvalue weighted by molar-refractivity contribution is 7.08. The van der Waals surface area contributed by atoms with Gasteiger partial charge in [-0.3, -0.25) is 4.79 Å². The minimum atomic E-state index is -0.104. The number of carbonyl (C=O) groups is 1. The van der Waals surface area contributed by atoms with Crippen LogP contribution in [0.3, 0.4) is 0 Å². The van der Waals surface area contributed by atoms with Crippen LogP contribution >= 0.6 is 11.5 Å². The lowest BCUT2D eigenvalue weighted by Crippen LogP contribution is -2.25. The molecule has 23 heavy (non-hydrogen) atoms. The molecule has 1 amide bonds. The Morgan fingerprint density at radius 3 is 2.91 bits per heavy atom. The van der Waals surface area contributed by atoms with Crippen LogP contribution < -0.4 is 5.32 Å². The molecule has 2 aromatic heterocycles. The van der Waals surface area contributed by atoms with Crippen molar-refractivity contribution in [2.75, 3.05) is 6.54 Å². The van der Waals surface area contributed by atoms with Gasteiger partial charge in [0.15, 0.2) is 0 Å². The second-order valence-electron chi connectivity index (χ2n) is 5.04. The molecule has 0 saturated heterocycles. The van der Waals surface area contributed by atoms with Crippen LogP contribution in [-0.4, -0.2) is 31.8 Å². The molecule has 0 aliphatic heterocycles. The van der Waals surface area contributed by atoms with Gasteiger partial charge in [-0.15, -0.1) is 5.10 Å². The molecule has 0 aliphatic rings. The number of benzene rings is 1. The maximum absolute atomic E-state index is 12.1. The van der Waals surface area contributed by atoms with Crippen molar-refractivity contribution in [2.45, 2.75) is 19.8 Å². The summed E-state index contributed by atoms with van der Waals surface area (Å²) in [6.45, 7) is 2.52. The highest BCUT2D eigenvalue weighted by Crippen LogP contribution is 2.11. The molecular formula is C16H17N5OS. The summed E-state index contributed by atoms with van der Waals surface area (Å²) in [5.74, 6) is -0.104. The average molecular weight is 327 g/mol. The van der Waals surface area contributed by atoms with Crippen molar-refractivity contribution < 1.29 is 4.79 Å². The highest BCUT2D eigenvalue weighted by Gasteiger charge is 2.14. The molecular weight excluding hydrogens is 310 g/mol. The van der Waals surface area contributed by atoms with Crippen molar-refractivity contribution >= 4 is 17.4 Å². The van der Waals surface area contributed by atoms with Gasteiger partial charge >= 0.3 is 0 Å². The molecule has 3 aromatic rings. The van der Waals surface area contributed by atoms with E-state index in [1.165, 1.54) is 0 Å². The van der Waals surface area contributed by atoms with Crippen molar-refractivity contribution in [3.8, 4) is 5.69 Å². The smallest absolute Gasteiger partial charge is 0.264 e.